The van der Waals surface area contributed by atoms with E-state index in [0.717, 1.165) is 70.2 Å². The Balaban J connectivity index is 1.86. The topological polar surface area (TPSA) is 62.2 Å². The molecule has 1 unspecified atom stereocenters. The number of amides is 1. The first-order valence-electron chi connectivity index (χ1n) is 13.9. The number of unbranched alkanes of at least 4 members (excludes halogenated alkanes) is 1. The SMILES string of the molecule is C=CCCCC(=O)N1[C@@H]2[C@@]3(C[C@@H]1C=C)CN1CCCC/C=C\CC[C@]2(O)C=C(C(OC)OC)[C@@H]3CC1. The van der Waals surface area contributed by atoms with Gasteiger partial charge in [0.15, 0.2) is 6.29 Å². The Labute approximate surface area is 217 Å². The van der Waals surface area contributed by atoms with Gasteiger partial charge >= 0.3 is 0 Å². The number of allylic oxidation sites excluding steroid dienone is 3. The summed E-state index contributed by atoms with van der Waals surface area (Å²) in [5.74, 6) is 0.294. The van der Waals surface area contributed by atoms with Crippen molar-refractivity contribution in [2.45, 2.75) is 88.2 Å². The number of piperidine rings is 1. The summed E-state index contributed by atoms with van der Waals surface area (Å²) < 4.78 is 11.6. The van der Waals surface area contributed by atoms with Gasteiger partial charge in [0, 0.05) is 32.6 Å². The van der Waals surface area contributed by atoms with Crippen LogP contribution < -0.4 is 0 Å². The predicted octanol–water partition coefficient (Wildman–Crippen LogP) is 4.62. The molecule has 3 bridgehead atoms. The first kappa shape index (κ1) is 27.3. The molecule has 3 aliphatic heterocycles. The Morgan fingerprint density at radius 3 is 2.72 bits per heavy atom. The number of rotatable bonds is 8. The minimum absolute atomic E-state index is 0.0973. The Morgan fingerprint density at radius 1 is 1.22 bits per heavy atom. The Bertz CT molecular complexity index is 865. The van der Waals surface area contributed by atoms with Crippen molar-refractivity contribution in [1.82, 2.24) is 9.80 Å². The fraction of sp³-hybridized carbons (Fsp3) is 0.700. The molecule has 2 saturated heterocycles. The molecule has 6 nitrogen and oxygen atoms in total. The van der Waals surface area contributed by atoms with Crippen molar-refractivity contribution in [1.29, 1.82) is 0 Å². The van der Waals surface area contributed by atoms with E-state index in [1.54, 1.807) is 14.2 Å². The van der Waals surface area contributed by atoms with Crippen LogP contribution in [0.3, 0.4) is 0 Å². The number of nitrogens with zero attached hydrogens (tertiary/aromatic N) is 2. The number of hydrogen-bond donors (Lipinski definition) is 1. The Hall–Kier alpha value is -1.73. The molecule has 6 atom stereocenters. The Kier molecular flexibility index (Phi) is 8.92. The van der Waals surface area contributed by atoms with Gasteiger partial charge in [0.05, 0.1) is 12.1 Å². The molecule has 6 heteroatoms. The normalized spacial score (nSPS) is 37.3. The average molecular weight is 499 g/mol. The first-order chi connectivity index (χ1) is 17.4. The van der Waals surface area contributed by atoms with Gasteiger partial charge in [0.25, 0.3) is 0 Å². The van der Waals surface area contributed by atoms with E-state index in [-0.39, 0.29) is 29.3 Å². The highest BCUT2D eigenvalue weighted by Gasteiger charge is 2.67. The van der Waals surface area contributed by atoms with Crippen molar-refractivity contribution in [3.8, 4) is 0 Å². The number of carbonyl (C=O) groups excluding carboxylic acids is 1. The average Bonchev–Trinajstić information content (AvgIpc) is 3.21. The molecule has 1 spiro atoms. The summed E-state index contributed by atoms with van der Waals surface area (Å²) in [6.07, 6.45) is 18.4. The fourth-order valence-corrected chi connectivity index (χ4v) is 7.66. The summed E-state index contributed by atoms with van der Waals surface area (Å²) in [4.78, 5) is 18.4. The maximum atomic E-state index is 13.8. The van der Waals surface area contributed by atoms with E-state index in [1.807, 2.05) is 23.1 Å². The van der Waals surface area contributed by atoms with Gasteiger partial charge in [0.2, 0.25) is 5.91 Å². The van der Waals surface area contributed by atoms with E-state index < -0.39 is 11.9 Å². The lowest BCUT2D eigenvalue weighted by atomic mass is 9.55. The Morgan fingerprint density at radius 2 is 2.00 bits per heavy atom. The zero-order valence-electron chi connectivity index (χ0n) is 22.4. The van der Waals surface area contributed by atoms with Crippen molar-refractivity contribution in [3.63, 3.8) is 0 Å². The number of fused-ring (bicyclic) bond motifs is 1. The molecule has 0 radical (unpaired) electrons. The third kappa shape index (κ3) is 5.02. The van der Waals surface area contributed by atoms with Gasteiger partial charge in [0.1, 0.15) is 5.60 Å². The van der Waals surface area contributed by atoms with Gasteiger partial charge in [-0.05, 0) is 88.4 Å². The zero-order chi connectivity index (χ0) is 25.8. The molecule has 0 aromatic carbocycles. The van der Waals surface area contributed by atoms with Crippen LogP contribution in [0.1, 0.15) is 64.2 Å². The van der Waals surface area contributed by atoms with E-state index in [9.17, 15) is 9.90 Å². The second-order valence-electron chi connectivity index (χ2n) is 11.2. The van der Waals surface area contributed by atoms with Crippen LogP contribution in [0.5, 0.6) is 0 Å². The quantitative estimate of drug-likeness (QED) is 0.301. The van der Waals surface area contributed by atoms with Crippen LogP contribution in [0.2, 0.25) is 0 Å². The number of hydrogen-bond acceptors (Lipinski definition) is 5. The maximum Gasteiger partial charge on any atom is 0.223 e. The largest absolute Gasteiger partial charge is 0.384 e. The first-order valence-corrected chi connectivity index (χ1v) is 13.9. The van der Waals surface area contributed by atoms with Crippen LogP contribution in [0.4, 0.5) is 0 Å². The van der Waals surface area contributed by atoms with Gasteiger partial charge in [-0.3, -0.25) is 4.79 Å². The van der Waals surface area contributed by atoms with Gasteiger partial charge < -0.3 is 24.4 Å². The molecule has 1 amide bonds. The molecule has 3 heterocycles. The summed E-state index contributed by atoms with van der Waals surface area (Å²) in [5, 5.41) is 12.6. The minimum atomic E-state index is -1.17. The van der Waals surface area contributed by atoms with E-state index in [4.69, 9.17) is 9.47 Å². The predicted molar refractivity (Wildman–Crippen MR) is 143 cm³/mol. The van der Waals surface area contributed by atoms with Crippen LogP contribution >= 0.6 is 0 Å². The second-order valence-corrected chi connectivity index (χ2v) is 11.2. The highest BCUT2D eigenvalue weighted by molar-refractivity contribution is 5.78. The van der Waals surface area contributed by atoms with Gasteiger partial charge in [-0.25, -0.2) is 0 Å². The van der Waals surface area contributed by atoms with E-state index >= 15 is 0 Å². The number of likely N-dealkylation sites (tertiary alicyclic amines) is 1. The van der Waals surface area contributed by atoms with Crippen LogP contribution in [0, 0.1) is 11.3 Å². The molecule has 1 N–H and O–H groups in total. The fourth-order valence-electron chi connectivity index (χ4n) is 7.66. The third-order valence-electron chi connectivity index (χ3n) is 9.04. The third-order valence-corrected chi connectivity index (χ3v) is 9.04. The standard InChI is InChI=1S/C30H46N2O4/c1-5-7-12-15-26(33)32-23(6-2)20-29-22-31-18-14-11-9-8-10-13-17-30(34,28(29)32)21-24(25(29)16-19-31)27(35-3)36-4/h5-6,8,10,21,23,25,27-28,34H,1-2,7,9,11-20,22H2,3-4H3/b10-8-/t23-,25-,28+,29-,30-/m0/s1. The molecular weight excluding hydrogens is 452 g/mol. The molecule has 0 aromatic rings. The van der Waals surface area contributed by atoms with Crippen LogP contribution in [0.25, 0.3) is 0 Å². The van der Waals surface area contributed by atoms with Gasteiger partial charge in [-0.2, -0.15) is 0 Å². The van der Waals surface area contributed by atoms with Crippen molar-refractivity contribution < 1.29 is 19.4 Å². The summed E-state index contributed by atoms with van der Waals surface area (Å²) in [7, 11) is 3.34. The van der Waals surface area contributed by atoms with E-state index in [2.05, 4.69) is 30.2 Å². The number of aliphatic hydroxyl groups is 1. The van der Waals surface area contributed by atoms with Gasteiger partial charge in [-0.15, -0.1) is 13.2 Å². The molecule has 0 saturated carbocycles. The number of carbonyl (C=O) groups is 1. The number of methoxy groups -OCH3 is 2. The summed E-state index contributed by atoms with van der Waals surface area (Å²) in [6, 6.07) is -0.399. The molecule has 4 aliphatic rings. The molecule has 1 aliphatic carbocycles. The lowest BCUT2D eigenvalue weighted by Gasteiger charge is -2.58. The van der Waals surface area contributed by atoms with Gasteiger partial charge in [-0.1, -0.05) is 24.3 Å². The smallest absolute Gasteiger partial charge is 0.223 e. The van der Waals surface area contributed by atoms with E-state index in [1.165, 1.54) is 6.42 Å². The molecule has 200 valence electrons. The lowest BCUT2D eigenvalue weighted by molar-refractivity contribution is -0.151. The highest BCUT2D eigenvalue weighted by Crippen LogP contribution is 2.60. The molecule has 4 rings (SSSR count). The molecular formula is C30H46N2O4. The zero-order valence-corrected chi connectivity index (χ0v) is 22.4. The van der Waals surface area contributed by atoms with Crippen LogP contribution in [0.15, 0.2) is 49.1 Å². The summed E-state index contributed by atoms with van der Waals surface area (Å²) in [5.41, 5.74) is -0.410. The van der Waals surface area contributed by atoms with Crippen molar-refractivity contribution in [3.05, 3.63) is 49.1 Å². The highest BCUT2D eigenvalue weighted by atomic mass is 16.7. The molecule has 36 heavy (non-hydrogen) atoms. The van der Waals surface area contributed by atoms with Crippen LogP contribution in [-0.2, 0) is 14.3 Å². The molecule has 2 fully saturated rings. The van der Waals surface area contributed by atoms with Crippen molar-refractivity contribution in [2.75, 3.05) is 33.9 Å². The van der Waals surface area contributed by atoms with Crippen molar-refractivity contribution in [2.24, 2.45) is 11.3 Å². The number of ether oxygens (including phenoxy) is 2. The van der Waals surface area contributed by atoms with E-state index in [0.29, 0.717) is 12.8 Å². The lowest BCUT2D eigenvalue weighted by Crippen LogP contribution is -2.67. The maximum absolute atomic E-state index is 13.8. The monoisotopic (exact) mass is 498 g/mol. The molecule has 0 aromatic heterocycles. The van der Waals surface area contributed by atoms with Crippen LogP contribution in [-0.4, -0.2) is 78.6 Å². The second kappa shape index (κ2) is 11.8. The van der Waals surface area contributed by atoms with Crippen molar-refractivity contribution >= 4 is 5.91 Å². The summed E-state index contributed by atoms with van der Waals surface area (Å²) >= 11 is 0. The minimum Gasteiger partial charge on any atom is -0.384 e. The summed E-state index contributed by atoms with van der Waals surface area (Å²) in [6.45, 7) is 10.9.